The molecule has 1 rings (SSSR count). The minimum Gasteiger partial charge on any atom is -0.326 e. The van der Waals surface area contributed by atoms with Crippen molar-refractivity contribution in [3.63, 3.8) is 0 Å². The first-order valence-electron chi connectivity index (χ1n) is 3.02. The average molecular weight is 121 g/mol. The summed E-state index contributed by atoms with van der Waals surface area (Å²) in [5, 5.41) is 0. The van der Waals surface area contributed by atoms with Crippen LogP contribution >= 0.6 is 0 Å². The fourth-order valence-electron chi connectivity index (χ4n) is 0.968. The molecule has 0 amide bonds. The van der Waals surface area contributed by atoms with E-state index in [-0.39, 0.29) is 0 Å². The molecule has 0 spiro atoms. The Bertz CT molecular complexity index is 201. The molecular formula is C8H11N. The highest BCUT2D eigenvalue weighted by molar-refractivity contribution is 5.28. The first-order chi connectivity index (χ1) is 4.25. The molecule has 0 radical (unpaired) electrons. The molecule has 0 saturated carbocycles. The zero-order chi connectivity index (χ0) is 6.85. The summed E-state index contributed by atoms with van der Waals surface area (Å²) in [4.78, 5) is 0. The van der Waals surface area contributed by atoms with Gasteiger partial charge in [0, 0.05) is 17.6 Å². The number of aromatic nitrogens is 1. The molecule has 1 aromatic rings. The lowest BCUT2D eigenvalue weighted by molar-refractivity contribution is 1.03. The molecule has 0 aliphatic heterocycles. The highest BCUT2D eigenvalue weighted by atomic mass is 15.0. The summed E-state index contributed by atoms with van der Waals surface area (Å²) in [5.41, 5.74) is 2.48. The molecule has 1 aromatic heterocycles. The maximum atomic E-state index is 3.69. The first kappa shape index (κ1) is 6.14. The molecule has 0 atom stereocenters. The Hall–Kier alpha value is -0.980. The predicted octanol–water partition coefficient (Wildman–Crippen LogP) is 2.21. The van der Waals surface area contributed by atoms with E-state index in [9.17, 15) is 0 Å². The number of hydrogen-bond donors (Lipinski definition) is 0. The SMILES string of the molecule is C=Cn1c(C)ccc1C. The van der Waals surface area contributed by atoms with Crippen molar-refractivity contribution >= 4 is 6.20 Å². The summed E-state index contributed by atoms with van der Waals surface area (Å²) in [6.07, 6.45) is 1.82. The summed E-state index contributed by atoms with van der Waals surface area (Å²) in [7, 11) is 0. The fraction of sp³-hybridized carbons (Fsp3) is 0.250. The van der Waals surface area contributed by atoms with Crippen molar-refractivity contribution in [2.75, 3.05) is 0 Å². The largest absolute Gasteiger partial charge is 0.326 e. The van der Waals surface area contributed by atoms with E-state index in [1.54, 1.807) is 0 Å². The first-order valence-corrected chi connectivity index (χ1v) is 3.02. The monoisotopic (exact) mass is 121 g/mol. The molecule has 0 aromatic carbocycles. The van der Waals surface area contributed by atoms with Crippen LogP contribution in [-0.4, -0.2) is 4.57 Å². The van der Waals surface area contributed by atoms with E-state index in [1.165, 1.54) is 11.4 Å². The number of hydrogen-bond acceptors (Lipinski definition) is 0. The third kappa shape index (κ3) is 0.900. The van der Waals surface area contributed by atoms with Gasteiger partial charge in [-0.05, 0) is 26.0 Å². The number of nitrogens with zero attached hydrogens (tertiary/aromatic N) is 1. The van der Waals surface area contributed by atoms with Crippen LogP contribution in [0, 0.1) is 13.8 Å². The predicted molar refractivity (Wildman–Crippen MR) is 40.3 cm³/mol. The Kier molecular flexibility index (Phi) is 1.43. The van der Waals surface area contributed by atoms with Gasteiger partial charge in [-0.3, -0.25) is 0 Å². The molecule has 48 valence electrons. The third-order valence-corrected chi connectivity index (χ3v) is 1.51. The molecule has 0 aliphatic rings. The van der Waals surface area contributed by atoms with E-state index in [0.717, 1.165) is 0 Å². The Balaban J connectivity index is 3.22. The lowest BCUT2D eigenvalue weighted by atomic mass is 10.5. The Labute approximate surface area is 55.6 Å². The van der Waals surface area contributed by atoms with Crippen LogP contribution in [0.4, 0.5) is 0 Å². The van der Waals surface area contributed by atoms with Crippen molar-refractivity contribution in [3.05, 3.63) is 30.1 Å². The molecule has 0 saturated heterocycles. The minimum atomic E-state index is 1.24. The molecule has 0 N–H and O–H groups in total. The molecule has 0 fully saturated rings. The van der Waals surface area contributed by atoms with Crippen LogP contribution in [0.1, 0.15) is 11.4 Å². The standard InChI is InChI=1S/C8H11N/c1-4-9-7(2)5-6-8(9)3/h4-6H,1H2,2-3H3. The van der Waals surface area contributed by atoms with Crippen LogP contribution in [0.2, 0.25) is 0 Å². The maximum Gasteiger partial charge on any atom is 0.0192 e. The van der Waals surface area contributed by atoms with Gasteiger partial charge in [-0.2, -0.15) is 0 Å². The molecule has 1 heterocycles. The van der Waals surface area contributed by atoms with Crippen LogP contribution in [0.5, 0.6) is 0 Å². The second-order valence-corrected chi connectivity index (χ2v) is 2.17. The van der Waals surface area contributed by atoms with Gasteiger partial charge in [0.15, 0.2) is 0 Å². The fourth-order valence-corrected chi connectivity index (χ4v) is 0.968. The topological polar surface area (TPSA) is 4.93 Å². The van der Waals surface area contributed by atoms with Crippen molar-refractivity contribution < 1.29 is 0 Å². The highest BCUT2D eigenvalue weighted by Crippen LogP contribution is 2.05. The second-order valence-electron chi connectivity index (χ2n) is 2.17. The van der Waals surface area contributed by atoms with Gasteiger partial charge in [0.1, 0.15) is 0 Å². The van der Waals surface area contributed by atoms with E-state index in [1.807, 2.05) is 6.20 Å². The maximum absolute atomic E-state index is 3.69. The van der Waals surface area contributed by atoms with Gasteiger partial charge >= 0.3 is 0 Å². The van der Waals surface area contributed by atoms with E-state index < -0.39 is 0 Å². The van der Waals surface area contributed by atoms with Gasteiger partial charge in [0.2, 0.25) is 0 Å². The van der Waals surface area contributed by atoms with E-state index in [4.69, 9.17) is 0 Å². The minimum absolute atomic E-state index is 1.24. The molecule has 9 heavy (non-hydrogen) atoms. The van der Waals surface area contributed by atoms with Crippen molar-refractivity contribution in [1.82, 2.24) is 4.57 Å². The van der Waals surface area contributed by atoms with Gasteiger partial charge in [0.05, 0.1) is 0 Å². The van der Waals surface area contributed by atoms with Crippen LogP contribution in [-0.2, 0) is 0 Å². The highest BCUT2D eigenvalue weighted by Gasteiger charge is 1.93. The Morgan fingerprint density at radius 1 is 1.33 bits per heavy atom. The summed E-state index contributed by atoms with van der Waals surface area (Å²) in [6.45, 7) is 7.82. The molecule has 0 bridgehead atoms. The molecule has 1 nitrogen and oxygen atoms in total. The van der Waals surface area contributed by atoms with Crippen LogP contribution in [0.3, 0.4) is 0 Å². The smallest absolute Gasteiger partial charge is 0.0192 e. The zero-order valence-corrected chi connectivity index (χ0v) is 5.89. The third-order valence-electron chi connectivity index (χ3n) is 1.51. The molecule has 1 heteroatoms. The number of aryl methyl sites for hydroxylation is 2. The quantitative estimate of drug-likeness (QED) is 0.536. The Morgan fingerprint density at radius 2 is 1.78 bits per heavy atom. The van der Waals surface area contributed by atoms with Gasteiger partial charge < -0.3 is 4.57 Å². The average Bonchev–Trinajstić information content (AvgIpc) is 2.12. The van der Waals surface area contributed by atoms with E-state index in [0.29, 0.717) is 0 Å². The van der Waals surface area contributed by atoms with Crippen molar-refractivity contribution in [2.24, 2.45) is 0 Å². The summed E-state index contributed by atoms with van der Waals surface area (Å²) in [5.74, 6) is 0. The van der Waals surface area contributed by atoms with Crippen molar-refractivity contribution in [3.8, 4) is 0 Å². The van der Waals surface area contributed by atoms with Gasteiger partial charge in [-0.25, -0.2) is 0 Å². The van der Waals surface area contributed by atoms with E-state index in [2.05, 4.69) is 37.1 Å². The second kappa shape index (κ2) is 2.09. The van der Waals surface area contributed by atoms with E-state index >= 15 is 0 Å². The summed E-state index contributed by atoms with van der Waals surface area (Å²) < 4.78 is 2.06. The van der Waals surface area contributed by atoms with Gasteiger partial charge in [0.25, 0.3) is 0 Å². The van der Waals surface area contributed by atoms with Gasteiger partial charge in [-0.15, -0.1) is 0 Å². The summed E-state index contributed by atoms with van der Waals surface area (Å²) in [6, 6.07) is 4.16. The lowest BCUT2D eigenvalue weighted by Crippen LogP contribution is -1.89. The Morgan fingerprint density at radius 3 is 2.00 bits per heavy atom. The molecule has 0 aliphatic carbocycles. The van der Waals surface area contributed by atoms with Crippen LogP contribution in [0.15, 0.2) is 18.7 Å². The summed E-state index contributed by atoms with van der Waals surface area (Å²) >= 11 is 0. The normalized spacial score (nSPS) is 9.56. The lowest BCUT2D eigenvalue weighted by Gasteiger charge is -1.98. The van der Waals surface area contributed by atoms with Crippen LogP contribution in [0.25, 0.3) is 6.20 Å². The van der Waals surface area contributed by atoms with Crippen LogP contribution < -0.4 is 0 Å². The molecular weight excluding hydrogens is 110 g/mol. The zero-order valence-electron chi connectivity index (χ0n) is 5.89. The van der Waals surface area contributed by atoms with Crippen molar-refractivity contribution in [1.29, 1.82) is 0 Å². The number of rotatable bonds is 1. The van der Waals surface area contributed by atoms with Crippen molar-refractivity contribution in [2.45, 2.75) is 13.8 Å². The van der Waals surface area contributed by atoms with Gasteiger partial charge in [-0.1, -0.05) is 6.58 Å². The molecule has 0 unspecified atom stereocenters.